The molecule has 0 aliphatic heterocycles. The normalized spacial score (nSPS) is 12.6. The topological polar surface area (TPSA) is 0 Å². The van der Waals surface area contributed by atoms with Crippen molar-refractivity contribution < 1.29 is 21.7 Å². The Labute approximate surface area is 215 Å². The van der Waals surface area contributed by atoms with Crippen LogP contribution in [0.1, 0.15) is 39.5 Å². The molecule has 2 heteroatoms. The van der Waals surface area contributed by atoms with Crippen molar-refractivity contribution in [1.29, 1.82) is 0 Å². The van der Waals surface area contributed by atoms with E-state index >= 15 is 0 Å². The molecule has 0 spiro atoms. The summed E-state index contributed by atoms with van der Waals surface area (Å²) >= 11 is 0. The van der Waals surface area contributed by atoms with E-state index in [-0.39, 0.29) is 21.7 Å². The van der Waals surface area contributed by atoms with Crippen LogP contribution in [0, 0.1) is 6.08 Å². The Balaban J connectivity index is 0.000000237. The van der Waals surface area contributed by atoms with Crippen molar-refractivity contribution in [3.8, 4) is 0 Å². The molecule has 0 nitrogen and oxygen atoms in total. The Morgan fingerprint density at radius 1 is 0.848 bits per heavy atom. The van der Waals surface area contributed by atoms with E-state index in [9.17, 15) is 0 Å². The molecule has 0 atom stereocenters. The van der Waals surface area contributed by atoms with Gasteiger partial charge >= 0.3 is 21.7 Å². The molecule has 4 aromatic rings. The number of hydrogen-bond donors (Lipinski definition) is 0. The molecule has 4 aromatic carbocycles. The van der Waals surface area contributed by atoms with Crippen molar-refractivity contribution in [3.05, 3.63) is 120 Å². The molecule has 0 aromatic heterocycles. The first-order valence-electron chi connectivity index (χ1n) is 11.6. The summed E-state index contributed by atoms with van der Waals surface area (Å²) in [7, 11) is -0.493. The van der Waals surface area contributed by atoms with Crippen LogP contribution >= 0.6 is 7.92 Å². The van der Waals surface area contributed by atoms with Crippen LogP contribution in [-0.4, -0.2) is 0 Å². The number of fused-ring (bicyclic) bond motifs is 1. The maximum Gasteiger partial charge on any atom is 2.00 e. The minimum Gasteiger partial charge on any atom is -0.269 e. The van der Waals surface area contributed by atoms with Gasteiger partial charge in [0.2, 0.25) is 0 Å². The van der Waals surface area contributed by atoms with E-state index in [4.69, 9.17) is 0 Å². The second-order valence-electron chi connectivity index (χ2n) is 8.19. The van der Waals surface area contributed by atoms with E-state index in [1.165, 1.54) is 57.1 Å². The van der Waals surface area contributed by atoms with Gasteiger partial charge in [0.15, 0.2) is 0 Å². The van der Waals surface area contributed by atoms with Gasteiger partial charge in [-0.1, -0.05) is 99.8 Å². The van der Waals surface area contributed by atoms with Crippen LogP contribution in [0.25, 0.3) is 10.8 Å². The van der Waals surface area contributed by atoms with Crippen LogP contribution in [0.4, 0.5) is 0 Å². The van der Waals surface area contributed by atoms with Crippen LogP contribution in [-0.2, 0) is 21.7 Å². The van der Waals surface area contributed by atoms with E-state index < -0.39 is 7.92 Å². The van der Waals surface area contributed by atoms with Gasteiger partial charge in [-0.2, -0.15) is 17.7 Å². The Morgan fingerprint density at radius 2 is 1.45 bits per heavy atom. The fraction of sp³-hybridized carbons (Fsp3) is 0.194. The molecule has 0 unspecified atom stereocenters. The van der Waals surface area contributed by atoms with Crippen molar-refractivity contribution in [2.75, 3.05) is 0 Å². The zero-order valence-electron chi connectivity index (χ0n) is 19.6. The first kappa shape index (κ1) is 25.5. The van der Waals surface area contributed by atoms with E-state index in [1.807, 2.05) is 0 Å². The molecule has 33 heavy (non-hydrogen) atoms. The molecular formula is C31H31PTi. The van der Waals surface area contributed by atoms with Gasteiger partial charge in [0, 0.05) is 0 Å². The van der Waals surface area contributed by atoms with Gasteiger partial charge in [-0.05, 0) is 18.5 Å². The van der Waals surface area contributed by atoms with Crippen LogP contribution in [0.2, 0.25) is 0 Å². The molecule has 0 bridgehead atoms. The Bertz CT molecular complexity index is 1110. The summed E-state index contributed by atoms with van der Waals surface area (Å²) in [4.78, 5) is 0. The largest absolute Gasteiger partial charge is 2.00 e. The molecule has 0 amide bonds. The monoisotopic (exact) mass is 482 g/mol. The number of benzene rings is 3. The smallest absolute Gasteiger partial charge is 0.269 e. The second kappa shape index (κ2) is 13.0. The fourth-order valence-electron chi connectivity index (χ4n) is 4.12. The van der Waals surface area contributed by atoms with E-state index in [0.717, 1.165) is 6.42 Å². The number of rotatable bonds is 6. The zero-order valence-corrected chi connectivity index (χ0v) is 22.0. The van der Waals surface area contributed by atoms with Crippen molar-refractivity contribution in [3.63, 3.8) is 0 Å². The fourth-order valence-corrected chi connectivity index (χ4v) is 6.49. The maximum atomic E-state index is 3.30. The average molecular weight is 482 g/mol. The van der Waals surface area contributed by atoms with Crippen LogP contribution in [0.5, 0.6) is 0 Å². The molecule has 0 N–H and O–H groups in total. The average Bonchev–Trinajstić information content (AvgIpc) is 3.45. The summed E-state index contributed by atoms with van der Waals surface area (Å²) in [6.07, 6.45) is 10.5. The third-order valence-electron chi connectivity index (χ3n) is 5.89. The third-order valence-corrected chi connectivity index (χ3v) is 8.29. The minimum atomic E-state index is -0.493. The van der Waals surface area contributed by atoms with Gasteiger partial charge in [0.25, 0.3) is 0 Å². The Morgan fingerprint density at radius 3 is 2.00 bits per heavy atom. The summed E-state index contributed by atoms with van der Waals surface area (Å²) in [5.74, 6) is 0. The predicted molar refractivity (Wildman–Crippen MR) is 143 cm³/mol. The van der Waals surface area contributed by atoms with Gasteiger partial charge in [-0.25, -0.2) is 5.57 Å². The summed E-state index contributed by atoms with van der Waals surface area (Å²) < 4.78 is 0. The zero-order chi connectivity index (χ0) is 22.2. The summed E-state index contributed by atoms with van der Waals surface area (Å²) in [5.41, 5.74) is 2.91. The molecule has 0 fully saturated rings. The number of hydrogen-bond acceptors (Lipinski definition) is 0. The van der Waals surface area contributed by atoms with E-state index in [0.29, 0.717) is 0 Å². The molecule has 0 saturated carbocycles. The van der Waals surface area contributed by atoms with E-state index in [1.54, 1.807) is 0 Å². The SMILES string of the molecule is CCCCC1=CC[C-]=C1C.[Ti+2].c1ccc(P(c2ccccc2)c2cc3ccccc3[cH-]2)cc1. The van der Waals surface area contributed by atoms with Crippen LogP contribution < -0.4 is 15.9 Å². The van der Waals surface area contributed by atoms with Crippen molar-refractivity contribution >= 4 is 34.6 Å². The van der Waals surface area contributed by atoms with Crippen molar-refractivity contribution in [2.24, 2.45) is 0 Å². The molecule has 0 radical (unpaired) electrons. The Kier molecular flexibility index (Phi) is 10.0. The van der Waals surface area contributed by atoms with Gasteiger partial charge in [0.1, 0.15) is 0 Å². The van der Waals surface area contributed by atoms with Crippen molar-refractivity contribution in [2.45, 2.75) is 39.5 Å². The quantitative estimate of drug-likeness (QED) is 0.151. The maximum absolute atomic E-state index is 3.30. The van der Waals surface area contributed by atoms with Crippen molar-refractivity contribution in [1.82, 2.24) is 0 Å². The summed E-state index contributed by atoms with van der Waals surface area (Å²) in [5, 5.41) is 6.89. The molecule has 164 valence electrons. The molecule has 1 aliphatic carbocycles. The minimum absolute atomic E-state index is 0. The second-order valence-corrected chi connectivity index (χ2v) is 10.4. The number of unbranched alkanes of at least 4 members (excludes halogenated alkanes) is 1. The van der Waals surface area contributed by atoms with Gasteiger partial charge in [-0.15, -0.1) is 46.8 Å². The van der Waals surface area contributed by atoms with E-state index in [2.05, 4.69) is 123 Å². The standard InChI is InChI=1S/C21H16P.C10H15.Ti/c1-3-11-19(12-4-1)22(20-13-5-2-6-14-20)21-15-17-9-7-8-10-18(17)16-21;1-3-4-7-10-8-5-6-9(10)2;/h1-16H;8H,3-5,7H2,1-2H3;/q2*-1;+2. The first-order chi connectivity index (χ1) is 15.8. The Hall–Kier alpha value is -2.11. The molecule has 0 saturated heterocycles. The third kappa shape index (κ3) is 6.71. The molecule has 1 aliphatic rings. The first-order valence-corrected chi connectivity index (χ1v) is 12.9. The molecular weight excluding hydrogens is 451 g/mol. The summed E-state index contributed by atoms with van der Waals surface area (Å²) in [6, 6.07) is 35.0. The number of allylic oxidation sites excluding steroid dienone is 4. The van der Waals surface area contributed by atoms with Gasteiger partial charge in [-0.3, -0.25) is 6.08 Å². The molecule has 0 heterocycles. The van der Waals surface area contributed by atoms with Crippen LogP contribution in [0.3, 0.4) is 0 Å². The summed E-state index contributed by atoms with van der Waals surface area (Å²) in [6.45, 7) is 4.40. The van der Waals surface area contributed by atoms with Gasteiger partial charge < -0.3 is 0 Å². The predicted octanol–water partition coefficient (Wildman–Crippen LogP) is 7.57. The van der Waals surface area contributed by atoms with Gasteiger partial charge in [0.05, 0.1) is 0 Å². The molecule has 5 rings (SSSR count). The van der Waals surface area contributed by atoms with Crippen LogP contribution in [0.15, 0.2) is 114 Å².